The van der Waals surface area contributed by atoms with Crippen molar-refractivity contribution in [3.63, 3.8) is 0 Å². The van der Waals surface area contributed by atoms with Crippen LogP contribution in [0.15, 0.2) is 18.5 Å². The largest absolute Gasteiger partial charge is 0.455 e. The van der Waals surface area contributed by atoms with Crippen LogP contribution in [0.1, 0.15) is 32.6 Å². The molecule has 1 aromatic heterocycles. The van der Waals surface area contributed by atoms with Crippen molar-refractivity contribution in [1.29, 1.82) is 0 Å². The first-order chi connectivity index (χ1) is 12.1. The number of carbonyl (C=O) groups excluding carboxylic acids is 2. The van der Waals surface area contributed by atoms with Gasteiger partial charge < -0.3 is 14.5 Å². The molecule has 1 aromatic rings. The number of carbonyl (C=O) groups is 2. The number of hydrogen-bond donors (Lipinski definition) is 0. The molecule has 25 heavy (non-hydrogen) atoms. The molecule has 7 nitrogen and oxygen atoms in total. The summed E-state index contributed by atoms with van der Waals surface area (Å²) in [6.45, 7) is 5.01. The highest BCUT2D eigenvalue weighted by atomic mass is 16.5. The average molecular weight is 346 g/mol. The van der Waals surface area contributed by atoms with E-state index in [0.29, 0.717) is 24.7 Å². The first-order valence-electron chi connectivity index (χ1n) is 9.10. The molecule has 0 saturated carbocycles. The van der Waals surface area contributed by atoms with E-state index >= 15 is 0 Å². The SMILES string of the molecule is CC1CCCN(C(=O)COC(=O)C2CCN(c3ncccn3)CC2)C1. The van der Waals surface area contributed by atoms with Gasteiger partial charge in [0.2, 0.25) is 5.95 Å². The van der Waals surface area contributed by atoms with Crippen molar-refractivity contribution >= 4 is 17.8 Å². The quantitative estimate of drug-likeness (QED) is 0.769. The lowest BCUT2D eigenvalue weighted by atomic mass is 9.97. The van der Waals surface area contributed by atoms with Crippen LogP contribution < -0.4 is 4.90 Å². The van der Waals surface area contributed by atoms with Gasteiger partial charge in [-0.05, 0) is 37.7 Å². The van der Waals surface area contributed by atoms with Crippen molar-refractivity contribution in [3.8, 4) is 0 Å². The molecule has 7 heteroatoms. The number of rotatable bonds is 4. The fraction of sp³-hybridized carbons (Fsp3) is 0.667. The van der Waals surface area contributed by atoms with Crippen LogP contribution in [0.3, 0.4) is 0 Å². The highest BCUT2D eigenvalue weighted by Crippen LogP contribution is 2.21. The molecule has 2 aliphatic rings. The van der Waals surface area contributed by atoms with Gasteiger partial charge >= 0.3 is 5.97 Å². The second kappa shape index (κ2) is 8.27. The van der Waals surface area contributed by atoms with E-state index in [2.05, 4.69) is 21.8 Å². The van der Waals surface area contributed by atoms with E-state index in [9.17, 15) is 9.59 Å². The zero-order valence-electron chi connectivity index (χ0n) is 14.8. The topological polar surface area (TPSA) is 75.6 Å². The molecule has 2 aliphatic heterocycles. The van der Waals surface area contributed by atoms with E-state index in [1.54, 1.807) is 18.5 Å². The van der Waals surface area contributed by atoms with Crippen LogP contribution in [-0.2, 0) is 14.3 Å². The molecular weight excluding hydrogens is 320 g/mol. The van der Waals surface area contributed by atoms with Crippen molar-refractivity contribution in [2.45, 2.75) is 32.6 Å². The smallest absolute Gasteiger partial charge is 0.309 e. The van der Waals surface area contributed by atoms with Gasteiger partial charge in [-0.15, -0.1) is 0 Å². The molecule has 0 aliphatic carbocycles. The normalized spacial score (nSPS) is 21.9. The van der Waals surface area contributed by atoms with Gasteiger partial charge in [0, 0.05) is 38.6 Å². The Bertz CT molecular complexity index is 587. The third kappa shape index (κ3) is 4.67. The Hall–Kier alpha value is -2.18. The summed E-state index contributed by atoms with van der Waals surface area (Å²) in [7, 11) is 0. The molecule has 136 valence electrons. The third-order valence-corrected chi connectivity index (χ3v) is 5.01. The van der Waals surface area contributed by atoms with Crippen LogP contribution in [0.25, 0.3) is 0 Å². The minimum Gasteiger partial charge on any atom is -0.455 e. The molecular formula is C18H26N4O3. The van der Waals surface area contributed by atoms with Crippen LogP contribution in [0.2, 0.25) is 0 Å². The van der Waals surface area contributed by atoms with Crippen LogP contribution >= 0.6 is 0 Å². The molecule has 3 rings (SSSR count). The van der Waals surface area contributed by atoms with Crippen LogP contribution in [0.5, 0.6) is 0 Å². The summed E-state index contributed by atoms with van der Waals surface area (Å²) in [5.74, 6) is 0.747. The van der Waals surface area contributed by atoms with Crippen molar-refractivity contribution in [3.05, 3.63) is 18.5 Å². The number of ether oxygens (including phenoxy) is 1. The lowest BCUT2D eigenvalue weighted by Crippen LogP contribution is -2.42. The number of piperidine rings is 2. The molecule has 1 atom stereocenters. The molecule has 2 fully saturated rings. The van der Waals surface area contributed by atoms with Crippen LogP contribution in [-0.4, -0.2) is 59.5 Å². The van der Waals surface area contributed by atoms with E-state index in [4.69, 9.17) is 4.74 Å². The Morgan fingerprint density at radius 3 is 2.56 bits per heavy atom. The first-order valence-corrected chi connectivity index (χ1v) is 9.10. The predicted octanol–water partition coefficient (Wildman–Crippen LogP) is 1.49. The maximum atomic E-state index is 12.3. The Balaban J connectivity index is 1.41. The number of hydrogen-bond acceptors (Lipinski definition) is 6. The summed E-state index contributed by atoms with van der Waals surface area (Å²) in [5.41, 5.74) is 0. The molecule has 1 amide bonds. The third-order valence-electron chi connectivity index (χ3n) is 5.01. The van der Waals surface area contributed by atoms with E-state index in [1.807, 2.05) is 4.90 Å². The van der Waals surface area contributed by atoms with Gasteiger partial charge in [-0.1, -0.05) is 6.92 Å². The minimum absolute atomic E-state index is 0.0741. The van der Waals surface area contributed by atoms with Crippen molar-refractivity contribution in [2.75, 3.05) is 37.7 Å². The number of likely N-dealkylation sites (tertiary alicyclic amines) is 1. The van der Waals surface area contributed by atoms with Crippen LogP contribution in [0.4, 0.5) is 5.95 Å². The summed E-state index contributed by atoms with van der Waals surface area (Å²) in [4.78, 5) is 36.8. The summed E-state index contributed by atoms with van der Waals surface area (Å²) in [5, 5.41) is 0. The molecule has 3 heterocycles. The maximum absolute atomic E-state index is 12.3. The first kappa shape index (κ1) is 17.6. The Kier molecular flexibility index (Phi) is 5.83. The highest BCUT2D eigenvalue weighted by molar-refractivity contribution is 5.81. The van der Waals surface area contributed by atoms with Crippen molar-refractivity contribution < 1.29 is 14.3 Å². The van der Waals surface area contributed by atoms with E-state index in [1.165, 1.54) is 0 Å². The molecule has 0 aromatic carbocycles. The Morgan fingerprint density at radius 2 is 1.88 bits per heavy atom. The van der Waals surface area contributed by atoms with Crippen molar-refractivity contribution in [2.24, 2.45) is 11.8 Å². The summed E-state index contributed by atoms with van der Waals surface area (Å²) in [6, 6.07) is 1.79. The second-order valence-corrected chi connectivity index (χ2v) is 7.00. The van der Waals surface area contributed by atoms with E-state index in [-0.39, 0.29) is 24.4 Å². The standard InChI is InChI=1S/C18H26N4O3/c1-14-4-2-9-22(12-14)16(23)13-25-17(24)15-5-10-21(11-6-15)18-19-7-3-8-20-18/h3,7-8,14-15H,2,4-6,9-13H2,1H3. The number of anilines is 1. The number of aromatic nitrogens is 2. The van der Waals surface area contributed by atoms with Gasteiger partial charge in [-0.3, -0.25) is 9.59 Å². The maximum Gasteiger partial charge on any atom is 0.309 e. The molecule has 0 bridgehead atoms. The Labute approximate surface area is 148 Å². The van der Waals surface area contributed by atoms with Crippen molar-refractivity contribution in [1.82, 2.24) is 14.9 Å². The monoisotopic (exact) mass is 346 g/mol. The van der Waals surface area contributed by atoms with Gasteiger partial charge in [0.25, 0.3) is 5.91 Å². The highest BCUT2D eigenvalue weighted by Gasteiger charge is 2.28. The van der Waals surface area contributed by atoms with Gasteiger partial charge in [-0.2, -0.15) is 0 Å². The minimum atomic E-state index is -0.257. The zero-order valence-corrected chi connectivity index (χ0v) is 14.8. The molecule has 0 spiro atoms. The average Bonchev–Trinajstić information content (AvgIpc) is 2.66. The van der Waals surface area contributed by atoms with Gasteiger partial charge in [-0.25, -0.2) is 9.97 Å². The predicted molar refractivity (Wildman–Crippen MR) is 92.9 cm³/mol. The lowest BCUT2D eigenvalue weighted by molar-refractivity contribution is -0.156. The summed E-state index contributed by atoms with van der Waals surface area (Å²) >= 11 is 0. The molecule has 1 unspecified atom stereocenters. The number of nitrogens with zero attached hydrogens (tertiary/aromatic N) is 4. The van der Waals surface area contributed by atoms with E-state index in [0.717, 1.165) is 39.0 Å². The summed E-state index contributed by atoms with van der Waals surface area (Å²) in [6.07, 6.45) is 7.03. The van der Waals surface area contributed by atoms with E-state index < -0.39 is 0 Å². The van der Waals surface area contributed by atoms with Crippen LogP contribution in [0, 0.1) is 11.8 Å². The fourth-order valence-electron chi connectivity index (χ4n) is 3.53. The Morgan fingerprint density at radius 1 is 1.16 bits per heavy atom. The molecule has 0 radical (unpaired) electrons. The number of esters is 1. The second-order valence-electron chi connectivity index (χ2n) is 7.00. The molecule has 2 saturated heterocycles. The lowest BCUT2D eigenvalue weighted by Gasteiger charge is -2.32. The van der Waals surface area contributed by atoms with Gasteiger partial charge in [0.1, 0.15) is 0 Å². The number of amides is 1. The summed E-state index contributed by atoms with van der Waals surface area (Å²) < 4.78 is 5.29. The fourth-order valence-corrected chi connectivity index (χ4v) is 3.53. The molecule has 0 N–H and O–H groups in total. The van der Waals surface area contributed by atoms with Gasteiger partial charge in [0.15, 0.2) is 6.61 Å². The van der Waals surface area contributed by atoms with Gasteiger partial charge in [0.05, 0.1) is 5.92 Å². The zero-order chi connectivity index (χ0) is 17.6.